The minimum absolute atomic E-state index is 0.305. The fourth-order valence-corrected chi connectivity index (χ4v) is 1.32. The number of halogens is 3. The van der Waals surface area contributed by atoms with Crippen molar-refractivity contribution >= 4 is 0 Å². The van der Waals surface area contributed by atoms with Crippen LogP contribution < -0.4 is 5.32 Å². The summed E-state index contributed by atoms with van der Waals surface area (Å²) in [5.41, 5.74) is -1.06. The lowest BCUT2D eigenvalue weighted by Crippen LogP contribution is -2.51. The molecule has 6 heteroatoms. The van der Waals surface area contributed by atoms with Crippen molar-refractivity contribution in [3.8, 4) is 6.07 Å². The van der Waals surface area contributed by atoms with Crippen LogP contribution in [0.1, 0.15) is 12.8 Å². The first kappa shape index (κ1) is 11.3. The Bertz CT molecular complexity index is 228. The zero-order valence-corrected chi connectivity index (χ0v) is 7.52. The molecular weight excluding hydrogens is 197 g/mol. The van der Waals surface area contributed by atoms with Gasteiger partial charge in [-0.05, 0) is 0 Å². The summed E-state index contributed by atoms with van der Waals surface area (Å²) in [7, 11) is 0. The third-order valence-corrected chi connectivity index (χ3v) is 2.19. The van der Waals surface area contributed by atoms with Crippen LogP contribution >= 0.6 is 0 Å². The highest BCUT2D eigenvalue weighted by Crippen LogP contribution is 2.22. The minimum atomic E-state index is -4.28. The summed E-state index contributed by atoms with van der Waals surface area (Å²) < 4.78 is 40.7. The monoisotopic (exact) mass is 208 g/mol. The van der Waals surface area contributed by atoms with Crippen molar-refractivity contribution in [1.82, 2.24) is 5.32 Å². The minimum Gasteiger partial charge on any atom is -0.381 e. The quantitative estimate of drug-likeness (QED) is 0.741. The van der Waals surface area contributed by atoms with Gasteiger partial charge in [-0.2, -0.15) is 18.4 Å². The van der Waals surface area contributed by atoms with Gasteiger partial charge < -0.3 is 4.74 Å². The Morgan fingerprint density at radius 2 is 1.93 bits per heavy atom. The highest BCUT2D eigenvalue weighted by atomic mass is 19.4. The van der Waals surface area contributed by atoms with Gasteiger partial charge in [-0.3, -0.25) is 5.32 Å². The van der Waals surface area contributed by atoms with E-state index in [1.54, 1.807) is 0 Å². The third kappa shape index (κ3) is 3.16. The number of nitrogens with one attached hydrogen (secondary N) is 1. The highest BCUT2D eigenvalue weighted by molar-refractivity contribution is 5.08. The molecule has 1 fully saturated rings. The molecule has 80 valence electrons. The van der Waals surface area contributed by atoms with Crippen LogP contribution in [0.25, 0.3) is 0 Å². The Morgan fingerprint density at radius 3 is 2.36 bits per heavy atom. The fourth-order valence-electron chi connectivity index (χ4n) is 1.32. The lowest BCUT2D eigenvalue weighted by atomic mass is 9.92. The number of ether oxygens (including phenoxy) is 1. The number of hydrogen-bond acceptors (Lipinski definition) is 3. The van der Waals surface area contributed by atoms with Crippen LogP contribution in [-0.4, -0.2) is 31.5 Å². The maximum Gasteiger partial charge on any atom is 0.401 e. The number of nitrogens with zero attached hydrogens (tertiary/aromatic N) is 1. The summed E-state index contributed by atoms with van der Waals surface area (Å²) in [5, 5.41) is 11.1. The summed E-state index contributed by atoms with van der Waals surface area (Å²) >= 11 is 0. The van der Waals surface area contributed by atoms with E-state index in [9.17, 15) is 13.2 Å². The van der Waals surface area contributed by atoms with Crippen molar-refractivity contribution in [1.29, 1.82) is 5.26 Å². The maximum atomic E-state index is 11.9. The zero-order valence-electron chi connectivity index (χ0n) is 7.52. The molecule has 0 aromatic rings. The van der Waals surface area contributed by atoms with Gasteiger partial charge in [0.15, 0.2) is 0 Å². The van der Waals surface area contributed by atoms with E-state index >= 15 is 0 Å². The lowest BCUT2D eigenvalue weighted by Gasteiger charge is -2.31. The SMILES string of the molecule is N#CC1(NCC(F)(F)F)CCOCC1. The second kappa shape index (κ2) is 4.15. The van der Waals surface area contributed by atoms with Crippen molar-refractivity contribution < 1.29 is 17.9 Å². The fraction of sp³-hybridized carbons (Fsp3) is 0.875. The summed E-state index contributed by atoms with van der Waals surface area (Å²) in [6.45, 7) is -0.461. The molecule has 1 saturated heterocycles. The van der Waals surface area contributed by atoms with Gasteiger partial charge in [-0.1, -0.05) is 0 Å². The Morgan fingerprint density at radius 1 is 1.36 bits per heavy atom. The van der Waals surface area contributed by atoms with Gasteiger partial charge in [-0.15, -0.1) is 0 Å². The van der Waals surface area contributed by atoms with E-state index in [0.717, 1.165) is 0 Å². The molecule has 3 nitrogen and oxygen atoms in total. The Balaban J connectivity index is 2.50. The molecule has 0 unspecified atom stereocenters. The van der Waals surface area contributed by atoms with Crippen molar-refractivity contribution in [2.45, 2.75) is 24.6 Å². The zero-order chi connectivity index (χ0) is 10.7. The summed E-state index contributed by atoms with van der Waals surface area (Å²) in [6.07, 6.45) is -3.67. The molecule has 0 radical (unpaired) electrons. The van der Waals surface area contributed by atoms with Crippen LogP contribution in [0.3, 0.4) is 0 Å². The average Bonchev–Trinajstić information content (AvgIpc) is 2.15. The van der Waals surface area contributed by atoms with Gasteiger partial charge in [0, 0.05) is 26.1 Å². The molecule has 1 rings (SSSR count). The van der Waals surface area contributed by atoms with Crippen LogP contribution in [-0.2, 0) is 4.74 Å². The van der Waals surface area contributed by atoms with Crippen LogP contribution in [0, 0.1) is 11.3 Å². The topological polar surface area (TPSA) is 45.0 Å². The average molecular weight is 208 g/mol. The Labute approximate surface area is 79.8 Å². The molecule has 1 aliphatic rings. The molecule has 0 bridgehead atoms. The van der Waals surface area contributed by atoms with Crippen LogP contribution in [0.2, 0.25) is 0 Å². The number of rotatable bonds is 2. The van der Waals surface area contributed by atoms with Crippen molar-refractivity contribution in [2.75, 3.05) is 19.8 Å². The number of nitriles is 1. The van der Waals surface area contributed by atoms with Gasteiger partial charge in [0.25, 0.3) is 0 Å². The molecule has 0 saturated carbocycles. The van der Waals surface area contributed by atoms with E-state index in [1.807, 2.05) is 6.07 Å². The molecule has 1 N–H and O–H groups in total. The maximum absolute atomic E-state index is 11.9. The van der Waals surface area contributed by atoms with E-state index < -0.39 is 18.3 Å². The van der Waals surface area contributed by atoms with Crippen molar-refractivity contribution in [2.24, 2.45) is 0 Å². The Hall–Kier alpha value is -0.800. The van der Waals surface area contributed by atoms with Crippen LogP contribution in [0.4, 0.5) is 13.2 Å². The number of alkyl halides is 3. The van der Waals surface area contributed by atoms with Gasteiger partial charge >= 0.3 is 6.18 Å². The van der Waals surface area contributed by atoms with Gasteiger partial charge in [0.1, 0.15) is 5.54 Å². The van der Waals surface area contributed by atoms with Gasteiger partial charge in [0.2, 0.25) is 0 Å². The molecule has 1 heterocycles. The lowest BCUT2D eigenvalue weighted by molar-refractivity contribution is -0.129. The predicted molar refractivity (Wildman–Crippen MR) is 42.5 cm³/mol. The second-order valence-electron chi connectivity index (χ2n) is 3.28. The van der Waals surface area contributed by atoms with Gasteiger partial charge in [0.05, 0.1) is 12.6 Å². The normalized spacial score (nSPS) is 21.6. The first-order chi connectivity index (χ1) is 6.47. The molecule has 0 amide bonds. The summed E-state index contributed by atoms with van der Waals surface area (Å²) in [6, 6.07) is 1.90. The van der Waals surface area contributed by atoms with Crippen LogP contribution in [0.15, 0.2) is 0 Å². The molecule has 14 heavy (non-hydrogen) atoms. The van der Waals surface area contributed by atoms with E-state index in [-0.39, 0.29) is 0 Å². The molecule has 0 atom stereocenters. The summed E-state index contributed by atoms with van der Waals surface area (Å²) in [5.74, 6) is 0. The van der Waals surface area contributed by atoms with E-state index in [2.05, 4.69) is 5.32 Å². The standard InChI is InChI=1S/C8H11F3N2O/c9-8(10,11)6-13-7(5-12)1-3-14-4-2-7/h13H,1-4,6H2. The van der Waals surface area contributed by atoms with Crippen molar-refractivity contribution in [3.05, 3.63) is 0 Å². The molecule has 0 aromatic carbocycles. The Kier molecular flexibility index (Phi) is 3.34. The highest BCUT2D eigenvalue weighted by Gasteiger charge is 2.37. The van der Waals surface area contributed by atoms with E-state index in [0.29, 0.717) is 26.1 Å². The molecule has 0 aliphatic carbocycles. The van der Waals surface area contributed by atoms with E-state index in [1.165, 1.54) is 0 Å². The predicted octanol–water partition coefficient (Wildman–Crippen LogP) is 1.21. The smallest absolute Gasteiger partial charge is 0.381 e. The largest absolute Gasteiger partial charge is 0.401 e. The van der Waals surface area contributed by atoms with Crippen molar-refractivity contribution in [3.63, 3.8) is 0 Å². The first-order valence-electron chi connectivity index (χ1n) is 4.28. The van der Waals surface area contributed by atoms with E-state index in [4.69, 9.17) is 10.00 Å². The second-order valence-corrected chi connectivity index (χ2v) is 3.28. The number of hydrogen-bond donors (Lipinski definition) is 1. The molecule has 0 spiro atoms. The summed E-state index contributed by atoms with van der Waals surface area (Å²) in [4.78, 5) is 0. The molecule has 1 aliphatic heterocycles. The van der Waals surface area contributed by atoms with Crippen LogP contribution in [0.5, 0.6) is 0 Å². The third-order valence-electron chi connectivity index (χ3n) is 2.19. The first-order valence-corrected chi connectivity index (χ1v) is 4.28. The molecule has 0 aromatic heterocycles. The van der Waals surface area contributed by atoms with Gasteiger partial charge in [-0.25, -0.2) is 0 Å². The molecular formula is C8H11F3N2O.